The summed E-state index contributed by atoms with van der Waals surface area (Å²) in [5.74, 6) is 1.42. The zero-order valence-electron chi connectivity index (χ0n) is 15.7. The van der Waals surface area contributed by atoms with E-state index in [1.165, 1.54) is 4.21 Å². The van der Waals surface area contributed by atoms with Crippen LogP contribution in [0.1, 0.15) is 16.1 Å². The van der Waals surface area contributed by atoms with Gasteiger partial charge < -0.3 is 9.73 Å². The molecule has 0 saturated carbocycles. The summed E-state index contributed by atoms with van der Waals surface area (Å²) in [5.41, 5.74) is 2.20. The number of thiophene rings is 1. The third-order valence-corrected chi connectivity index (χ3v) is 6.69. The standard InChI is InChI=1S/C22H16N4O2S2/c27-22(25-15-7-8-19(24-12-15)26-10-9-23-14-26)21-17(13-30-20-6-3-11-29-20)16-4-1-2-5-18(16)28-21/h1-12,14H,13H2,(H,25,27). The van der Waals surface area contributed by atoms with E-state index in [2.05, 4.69) is 21.4 Å². The fourth-order valence-electron chi connectivity index (χ4n) is 3.11. The summed E-state index contributed by atoms with van der Waals surface area (Å²) in [4.78, 5) is 21.4. The van der Waals surface area contributed by atoms with Crippen LogP contribution in [0.4, 0.5) is 5.69 Å². The van der Waals surface area contributed by atoms with Gasteiger partial charge in [-0.25, -0.2) is 9.97 Å². The number of amides is 1. The van der Waals surface area contributed by atoms with Crippen molar-refractivity contribution in [2.75, 3.05) is 5.32 Å². The van der Waals surface area contributed by atoms with Crippen molar-refractivity contribution in [1.29, 1.82) is 0 Å². The van der Waals surface area contributed by atoms with E-state index in [9.17, 15) is 4.79 Å². The molecule has 1 aromatic carbocycles. The first-order valence-corrected chi connectivity index (χ1v) is 11.1. The van der Waals surface area contributed by atoms with Crippen LogP contribution in [0.3, 0.4) is 0 Å². The monoisotopic (exact) mass is 432 g/mol. The van der Waals surface area contributed by atoms with Gasteiger partial charge in [-0.1, -0.05) is 24.3 Å². The average molecular weight is 433 g/mol. The van der Waals surface area contributed by atoms with Gasteiger partial charge in [0.25, 0.3) is 5.91 Å². The summed E-state index contributed by atoms with van der Waals surface area (Å²) in [7, 11) is 0. The van der Waals surface area contributed by atoms with Crippen molar-refractivity contribution in [2.45, 2.75) is 9.96 Å². The van der Waals surface area contributed by atoms with Crippen LogP contribution in [-0.2, 0) is 5.75 Å². The molecule has 5 aromatic rings. The summed E-state index contributed by atoms with van der Waals surface area (Å²) >= 11 is 3.38. The van der Waals surface area contributed by atoms with Crippen molar-refractivity contribution in [3.8, 4) is 5.82 Å². The number of fused-ring (bicyclic) bond motifs is 1. The molecule has 0 unspecified atom stereocenters. The molecule has 6 nitrogen and oxygen atoms in total. The van der Waals surface area contributed by atoms with Crippen LogP contribution < -0.4 is 5.32 Å². The Kier molecular flexibility index (Phi) is 5.08. The van der Waals surface area contributed by atoms with Crippen LogP contribution in [0, 0.1) is 0 Å². The molecule has 0 radical (unpaired) electrons. The molecule has 0 fully saturated rings. The van der Waals surface area contributed by atoms with Gasteiger partial charge in [0.1, 0.15) is 17.7 Å². The molecule has 0 atom stereocenters. The minimum Gasteiger partial charge on any atom is -0.451 e. The first-order chi connectivity index (χ1) is 14.8. The van der Waals surface area contributed by atoms with E-state index in [0.29, 0.717) is 22.8 Å². The van der Waals surface area contributed by atoms with Crippen LogP contribution in [0.5, 0.6) is 0 Å². The van der Waals surface area contributed by atoms with Gasteiger partial charge >= 0.3 is 0 Å². The van der Waals surface area contributed by atoms with E-state index in [0.717, 1.165) is 16.8 Å². The summed E-state index contributed by atoms with van der Waals surface area (Å²) < 4.78 is 8.93. The average Bonchev–Trinajstić information content (AvgIpc) is 3.53. The molecule has 4 heterocycles. The van der Waals surface area contributed by atoms with Crippen molar-refractivity contribution in [1.82, 2.24) is 14.5 Å². The summed E-state index contributed by atoms with van der Waals surface area (Å²) in [6, 6.07) is 15.5. The number of anilines is 1. The van der Waals surface area contributed by atoms with E-state index >= 15 is 0 Å². The fourth-order valence-corrected chi connectivity index (χ4v) is 4.92. The second-order valence-corrected chi connectivity index (χ2v) is 8.68. The molecule has 0 spiro atoms. The maximum absolute atomic E-state index is 13.0. The SMILES string of the molecule is O=C(Nc1ccc(-n2ccnc2)nc1)c1oc2ccccc2c1CSc1cccs1. The maximum Gasteiger partial charge on any atom is 0.291 e. The maximum atomic E-state index is 13.0. The number of hydrogen-bond donors (Lipinski definition) is 1. The summed E-state index contributed by atoms with van der Waals surface area (Å²) in [6.45, 7) is 0. The molecule has 8 heteroatoms. The lowest BCUT2D eigenvalue weighted by molar-refractivity contribution is 0.0998. The molecule has 4 aromatic heterocycles. The first-order valence-electron chi connectivity index (χ1n) is 9.20. The zero-order chi connectivity index (χ0) is 20.3. The number of rotatable bonds is 6. The van der Waals surface area contributed by atoms with Crippen molar-refractivity contribution in [3.63, 3.8) is 0 Å². The molecule has 5 rings (SSSR count). The van der Waals surface area contributed by atoms with Gasteiger partial charge in [-0.3, -0.25) is 9.36 Å². The third-order valence-electron chi connectivity index (χ3n) is 4.53. The number of benzene rings is 1. The highest BCUT2D eigenvalue weighted by atomic mass is 32.2. The van der Waals surface area contributed by atoms with Crippen LogP contribution in [-0.4, -0.2) is 20.4 Å². The molecular weight excluding hydrogens is 416 g/mol. The predicted molar refractivity (Wildman–Crippen MR) is 119 cm³/mol. The normalized spacial score (nSPS) is 11.1. The summed E-state index contributed by atoms with van der Waals surface area (Å²) in [5, 5.41) is 5.90. The van der Waals surface area contributed by atoms with Crippen molar-refractivity contribution < 1.29 is 9.21 Å². The number of aromatic nitrogens is 3. The molecular formula is C22H16N4O2S2. The van der Waals surface area contributed by atoms with Gasteiger partial charge in [0.2, 0.25) is 0 Å². The second kappa shape index (κ2) is 8.17. The van der Waals surface area contributed by atoms with Crippen molar-refractivity contribution in [3.05, 3.63) is 90.2 Å². The lowest BCUT2D eigenvalue weighted by atomic mass is 10.1. The predicted octanol–water partition coefficient (Wildman–Crippen LogP) is 5.62. The van der Waals surface area contributed by atoms with Gasteiger partial charge in [0.05, 0.1) is 16.1 Å². The number of carbonyl (C=O) groups excluding carboxylic acids is 1. The van der Waals surface area contributed by atoms with Crippen LogP contribution >= 0.6 is 23.1 Å². The number of furan rings is 1. The highest BCUT2D eigenvalue weighted by molar-refractivity contribution is 8.00. The second-order valence-electron chi connectivity index (χ2n) is 6.46. The Morgan fingerprint density at radius 2 is 2.10 bits per heavy atom. The Morgan fingerprint density at radius 3 is 2.87 bits per heavy atom. The van der Waals surface area contributed by atoms with Crippen molar-refractivity contribution in [2.24, 2.45) is 0 Å². The number of carbonyl (C=O) groups is 1. The molecule has 0 aliphatic rings. The minimum atomic E-state index is -0.287. The van der Waals surface area contributed by atoms with Crippen LogP contribution in [0.25, 0.3) is 16.8 Å². The van der Waals surface area contributed by atoms with Gasteiger partial charge in [-0.15, -0.1) is 23.1 Å². The molecule has 30 heavy (non-hydrogen) atoms. The molecule has 148 valence electrons. The summed E-state index contributed by atoms with van der Waals surface area (Å²) in [6.07, 6.45) is 6.80. The number of thioether (sulfide) groups is 1. The Balaban J connectivity index is 1.40. The highest BCUT2D eigenvalue weighted by Gasteiger charge is 2.21. The quantitative estimate of drug-likeness (QED) is 0.353. The Morgan fingerprint density at radius 1 is 1.17 bits per heavy atom. The lowest BCUT2D eigenvalue weighted by Gasteiger charge is -2.06. The Bertz CT molecular complexity index is 1280. The van der Waals surface area contributed by atoms with Gasteiger partial charge in [0, 0.05) is 29.1 Å². The zero-order valence-corrected chi connectivity index (χ0v) is 17.3. The van der Waals surface area contributed by atoms with E-state index in [4.69, 9.17) is 4.42 Å². The Hall–Kier alpha value is -3.36. The number of pyridine rings is 1. The van der Waals surface area contributed by atoms with E-state index in [1.807, 2.05) is 54.0 Å². The largest absolute Gasteiger partial charge is 0.451 e. The Labute approximate surface area is 180 Å². The van der Waals surface area contributed by atoms with Gasteiger partial charge in [-0.05, 0) is 29.6 Å². The number of imidazole rings is 1. The van der Waals surface area contributed by atoms with E-state index in [-0.39, 0.29) is 5.91 Å². The minimum absolute atomic E-state index is 0.287. The molecule has 1 amide bonds. The lowest BCUT2D eigenvalue weighted by Crippen LogP contribution is -2.13. The number of nitrogens with one attached hydrogen (secondary N) is 1. The number of hydrogen-bond acceptors (Lipinski definition) is 6. The molecule has 1 N–H and O–H groups in total. The van der Waals surface area contributed by atoms with Crippen LogP contribution in [0.2, 0.25) is 0 Å². The molecule has 0 bridgehead atoms. The number of para-hydroxylation sites is 1. The topological polar surface area (TPSA) is 73.0 Å². The van der Waals surface area contributed by atoms with E-state index < -0.39 is 0 Å². The smallest absolute Gasteiger partial charge is 0.291 e. The fraction of sp³-hybridized carbons (Fsp3) is 0.0455. The molecule has 0 aliphatic heterocycles. The van der Waals surface area contributed by atoms with E-state index in [1.54, 1.807) is 46.4 Å². The third kappa shape index (κ3) is 3.74. The van der Waals surface area contributed by atoms with Gasteiger partial charge in [0.15, 0.2) is 5.76 Å². The van der Waals surface area contributed by atoms with Gasteiger partial charge in [-0.2, -0.15) is 0 Å². The number of nitrogens with zero attached hydrogens (tertiary/aromatic N) is 3. The molecule has 0 aliphatic carbocycles. The first kappa shape index (κ1) is 18.7. The van der Waals surface area contributed by atoms with Crippen molar-refractivity contribution >= 4 is 45.7 Å². The highest BCUT2D eigenvalue weighted by Crippen LogP contribution is 2.34. The van der Waals surface area contributed by atoms with Crippen LogP contribution in [0.15, 0.2) is 87.5 Å². The molecule has 0 saturated heterocycles.